The number of nitrogens with zero attached hydrogens (tertiary/aromatic N) is 2. The Morgan fingerprint density at radius 1 is 0.900 bits per heavy atom. The molecule has 0 N–H and O–H groups in total. The van der Waals surface area contributed by atoms with Crippen molar-refractivity contribution in [2.24, 2.45) is 5.92 Å². The van der Waals surface area contributed by atoms with E-state index in [0.29, 0.717) is 5.92 Å². The standard InChI is InChI=1S/C27H24N2O/c1-17(2)14-22-8-9-23-24(15-21-11-13-30-27(21)26(23)29-22)25-16-20(10-12-28-25)19-6-4-18(3)5-7-19/h4-13,15-17H,14H2,1-3H3. The lowest BCUT2D eigenvalue weighted by Gasteiger charge is -2.11. The van der Waals surface area contributed by atoms with E-state index in [2.05, 4.69) is 75.4 Å². The van der Waals surface area contributed by atoms with E-state index >= 15 is 0 Å². The molecule has 148 valence electrons. The number of hydrogen-bond acceptors (Lipinski definition) is 3. The first kappa shape index (κ1) is 18.6. The molecule has 3 aromatic heterocycles. The topological polar surface area (TPSA) is 38.9 Å². The van der Waals surface area contributed by atoms with E-state index < -0.39 is 0 Å². The summed E-state index contributed by atoms with van der Waals surface area (Å²) in [4.78, 5) is 9.68. The molecule has 0 unspecified atom stereocenters. The third kappa shape index (κ3) is 3.37. The molecule has 0 bridgehead atoms. The average Bonchev–Trinajstić information content (AvgIpc) is 3.22. The van der Waals surface area contributed by atoms with Crippen LogP contribution in [-0.2, 0) is 6.42 Å². The fraction of sp³-hybridized carbons (Fsp3) is 0.185. The Kier molecular flexibility index (Phi) is 4.59. The molecule has 0 saturated heterocycles. The summed E-state index contributed by atoms with van der Waals surface area (Å²) in [6.45, 7) is 6.53. The van der Waals surface area contributed by atoms with Crippen molar-refractivity contribution < 1.29 is 4.42 Å². The molecular formula is C27H24N2O. The summed E-state index contributed by atoms with van der Waals surface area (Å²) >= 11 is 0. The Morgan fingerprint density at radius 3 is 2.53 bits per heavy atom. The average molecular weight is 393 g/mol. The summed E-state index contributed by atoms with van der Waals surface area (Å²) in [5.74, 6) is 0.554. The van der Waals surface area contributed by atoms with Gasteiger partial charge in [-0.05, 0) is 60.7 Å². The number of pyridine rings is 2. The molecule has 3 heterocycles. The van der Waals surface area contributed by atoms with Gasteiger partial charge in [-0.3, -0.25) is 4.98 Å². The van der Waals surface area contributed by atoms with Crippen LogP contribution in [0.1, 0.15) is 25.1 Å². The highest BCUT2D eigenvalue weighted by atomic mass is 16.3. The summed E-state index contributed by atoms with van der Waals surface area (Å²) < 4.78 is 5.80. The molecule has 3 heteroatoms. The van der Waals surface area contributed by atoms with Crippen molar-refractivity contribution in [3.05, 3.63) is 84.4 Å². The van der Waals surface area contributed by atoms with Gasteiger partial charge in [-0.1, -0.05) is 49.7 Å². The van der Waals surface area contributed by atoms with Crippen LogP contribution in [0.4, 0.5) is 0 Å². The number of furan rings is 1. The minimum atomic E-state index is 0.554. The number of hydrogen-bond donors (Lipinski definition) is 0. The van der Waals surface area contributed by atoms with Crippen LogP contribution in [0, 0.1) is 12.8 Å². The first-order valence-electron chi connectivity index (χ1n) is 10.4. The van der Waals surface area contributed by atoms with Gasteiger partial charge in [0.05, 0.1) is 12.0 Å². The molecular weight excluding hydrogens is 368 g/mol. The van der Waals surface area contributed by atoms with Crippen LogP contribution in [0.15, 0.2) is 77.5 Å². The zero-order chi connectivity index (χ0) is 20.7. The summed E-state index contributed by atoms with van der Waals surface area (Å²) in [6, 6.07) is 21.3. The van der Waals surface area contributed by atoms with Gasteiger partial charge in [-0.2, -0.15) is 0 Å². The summed E-state index contributed by atoms with van der Waals surface area (Å²) in [6.07, 6.45) is 4.57. The van der Waals surface area contributed by atoms with E-state index in [1.165, 1.54) is 11.1 Å². The van der Waals surface area contributed by atoms with Gasteiger partial charge in [0, 0.05) is 28.2 Å². The second kappa shape index (κ2) is 7.42. The highest BCUT2D eigenvalue weighted by Crippen LogP contribution is 2.35. The lowest BCUT2D eigenvalue weighted by atomic mass is 9.98. The molecule has 0 amide bonds. The van der Waals surface area contributed by atoms with E-state index in [9.17, 15) is 0 Å². The van der Waals surface area contributed by atoms with Crippen molar-refractivity contribution in [1.29, 1.82) is 0 Å². The number of aryl methyl sites for hydroxylation is 1. The highest BCUT2D eigenvalue weighted by molar-refractivity contribution is 6.09. The van der Waals surface area contributed by atoms with Gasteiger partial charge in [0.15, 0.2) is 5.58 Å². The van der Waals surface area contributed by atoms with Crippen LogP contribution in [0.2, 0.25) is 0 Å². The smallest absolute Gasteiger partial charge is 0.160 e. The molecule has 3 nitrogen and oxygen atoms in total. The SMILES string of the molecule is Cc1ccc(-c2ccnc(-c3cc4ccoc4c4nc(CC(C)C)ccc34)c2)cc1. The first-order chi connectivity index (χ1) is 14.6. The minimum absolute atomic E-state index is 0.554. The Morgan fingerprint density at radius 2 is 1.73 bits per heavy atom. The van der Waals surface area contributed by atoms with Gasteiger partial charge >= 0.3 is 0 Å². The molecule has 30 heavy (non-hydrogen) atoms. The molecule has 0 spiro atoms. The Hall–Kier alpha value is -3.46. The number of fused-ring (bicyclic) bond motifs is 3. The summed E-state index contributed by atoms with van der Waals surface area (Å²) in [5.41, 5.74) is 8.47. The predicted octanol–water partition coefficient (Wildman–Crippen LogP) is 7.22. The zero-order valence-corrected chi connectivity index (χ0v) is 17.5. The fourth-order valence-electron chi connectivity index (χ4n) is 4.00. The maximum atomic E-state index is 5.80. The van der Waals surface area contributed by atoms with Crippen LogP contribution in [0.5, 0.6) is 0 Å². The second-order valence-electron chi connectivity index (χ2n) is 8.36. The molecule has 0 aliphatic rings. The Balaban J connectivity index is 1.70. The summed E-state index contributed by atoms with van der Waals surface area (Å²) in [5, 5.41) is 2.12. The van der Waals surface area contributed by atoms with Gasteiger partial charge in [-0.25, -0.2) is 4.98 Å². The van der Waals surface area contributed by atoms with Gasteiger partial charge in [-0.15, -0.1) is 0 Å². The lowest BCUT2D eigenvalue weighted by Crippen LogP contribution is -1.98. The van der Waals surface area contributed by atoms with E-state index in [1.54, 1.807) is 6.26 Å². The molecule has 0 fully saturated rings. The third-order valence-electron chi connectivity index (χ3n) is 5.49. The Bertz CT molecular complexity index is 1350. The predicted molar refractivity (Wildman–Crippen MR) is 123 cm³/mol. The van der Waals surface area contributed by atoms with Crippen LogP contribution < -0.4 is 0 Å². The molecule has 5 rings (SSSR count). The van der Waals surface area contributed by atoms with E-state index in [1.807, 2.05) is 12.3 Å². The number of benzene rings is 2. The highest BCUT2D eigenvalue weighted by Gasteiger charge is 2.14. The normalized spacial score (nSPS) is 11.6. The lowest BCUT2D eigenvalue weighted by molar-refractivity contribution is 0.616. The van der Waals surface area contributed by atoms with E-state index in [0.717, 1.165) is 50.8 Å². The van der Waals surface area contributed by atoms with Crippen molar-refractivity contribution in [3.8, 4) is 22.4 Å². The van der Waals surface area contributed by atoms with E-state index in [-0.39, 0.29) is 0 Å². The Labute approximate surface area is 176 Å². The monoisotopic (exact) mass is 392 g/mol. The van der Waals surface area contributed by atoms with Crippen LogP contribution in [0.25, 0.3) is 44.3 Å². The summed E-state index contributed by atoms with van der Waals surface area (Å²) in [7, 11) is 0. The first-order valence-corrected chi connectivity index (χ1v) is 10.4. The van der Waals surface area contributed by atoms with Gasteiger partial charge in [0.25, 0.3) is 0 Å². The molecule has 0 saturated carbocycles. The molecule has 0 aliphatic heterocycles. The molecule has 2 aromatic carbocycles. The third-order valence-corrected chi connectivity index (χ3v) is 5.49. The number of aromatic nitrogens is 2. The van der Waals surface area contributed by atoms with E-state index in [4.69, 9.17) is 14.4 Å². The fourth-order valence-corrected chi connectivity index (χ4v) is 4.00. The maximum Gasteiger partial charge on any atom is 0.160 e. The second-order valence-corrected chi connectivity index (χ2v) is 8.36. The zero-order valence-electron chi connectivity index (χ0n) is 17.5. The van der Waals surface area contributed by atoms with Crippen molar-refractivity contribution in [2.75, 3.05) is 0 Å². The van der Waals surface area contributed by atoms with Crippen molar-refractivity contribution >= 4 is 21.9 Å². The van der Waals surface area contributed by atoms with Crippen LogP contribution in [-0.4, -0.2) is 9.97 Å². The van der Waals surface area contributed by atoms with Crippen molar-refractivity contribution in [3.63, 3.8) is 0 Å². The van der Waals surface area contributed by atoms with Crippen molar-refractivity contribution in [2.45, 2.75) is 27.2 Å². The van der Waals surface area contributed by atoms with Gasteiger partial charge < -0.3 is 4.42 Å². The maximum absolute atomic E-state index is 5.80. The van der Waals surface area contributed by atoms with Gasteiger partial charge in [0.2, 0.25) is 0 Å². The van der Waals surface area contributed by atoms with Crippen LogP contribution >= 0.6 is 0 Å². The molecule has 0 aliphatic carbocycles. The molecule has 0 radical (unpaired) electrons. The van der Waals surface area contributed by atoms with Crippen molar-refractivity contribution in [1.82, 2.24) is 9.97 Å². The largest absolute Gasteiger partial charge is 0.462 e. The molecule has 5 aromatic rings. The number of rotatable bonds is 4. The minimum Gasteiger partial charge on any atom is -0.462 e. The van der Waals surface area contributed by atoms with Crippen LogP contribution in [0.3, 0.4) is 0 Å². The molecule has 0 atom stereocenters. The quantitative estimate of drug-likeness (QED) is 0.324. The van der Waals surface area contributed by atoms with Gasteiger partial charge in [0.1, 0.15) is 5.52 Å².